The van der Waals surface area contributed by atoms with Crippen LogP contribution in [0.4, 0.5) is 0 Å². The molecular formula is C24H18N2O5. The van der Waals surface area contributed by atoms with Crippen LogP contribution in [-0.2, 0) is 4.79 Å². The molecule has 7 nitrogen and oxygen atoms in total. The second kappa shape index (κ2) is 8.96. The van der Waals surface area contributed by atoms with Crippen molar-refractivity contribution in [2.75, 3.05) is 6.61 Å². The Balaban J connectivity index is 1.37. The van der Waals surface area contributed by atoms with E-state index in [1.807, 2.05) is 48.5 Å². The summed E-state index contributed by atoms with van der Waals surface area (Å²) in [6.45, 7) is -0.314. The highest BCUT2D eigenvalue weighted by molar-refractivity contribution is 5.94. The number of benzene rings is 3. The van der Waals surface area contributed by atoms with E-state index >= 15 is 0 Å². The maximum absolute atomic E-state index is 12.3. The topological polar surface area (TPSA) is 97.6 Å². The van der Waals surface area contributed by atoms with E-state index in [1.54, 1.807) is 30.3 Å². The first-order valence-electron chi connectivity index (χ1n) is 9.51. The van der Waals surface area contributed by atoms with Crippen LogP contribution in [0.5, 0.6) is 5.75 Å². The Morgan fingerprint density at radius 1 is 0.839 bits per heavy atom. The lowest BCUT2D eigenvalue weighted by molar-refractivity contribution is -0.123. The number of amides is 2. The van der Waals surface area contributed by atoms with Gasteiger partial charge in [-0.1, -0.05) is 60.7 Å². The third kappa shape index (κ3) is 4.62. The van der Waals surface area contributed by atoms with E-state index < -0.39 is 11.8 Å². The molecule has 154 valence electrons. The van der Waals surface area contributed by atoms with E-state index in [4.69, 9.17) is 9.15 Å². The van der Waals surface area contributed by atoms with E-state index in [9.17, 15) is 14.4 Å². The maximum Gasteiger partial charge on any atom is 0.305 e. The third-order valence-corrected chi connectivity index (χ3v) is 4.50. The monoisotopic (exact) mass is 414 g/mol. The van der Waals surface area contributed by atoms with Crippen LogP contribution in [0.25, 0.3) is 22.1 Å². The number of carbonyl (C=O) groups is 2. The Morgan fingerprint density at radius 3 is 2.39 bits per heavy atom. The van der Waals surface area contributed by atoms with Gasteiger partial charge in [0.25, 0.3) is 5.91 Å². The van der Waals surface area contributed by atoms with E-state index in [0.29, 0.717) is 11.1 Å². The highest BCUT2D eigenvalue weighted by atomic mass is 16.5. The molecule has 2 N–H and O–H groups in total. The number of nitrogens with one attached hydrogen (secondary N) is 2. The van der Waals surface area contributed by atoms with Gasteiger partial charge in [-0.05, 0) is 23.8 Å². The second-order valence-electron chi connectivity index (χ2n) is 6.62. The van der Waals surface area contributed by atoms with Gasteiger partial charge in [-0.15, -0.1) is 0 Å². The molecule has 0 spiro atoms. The molecule has 1 heterocycles. The second-order valence-corrected chi connectivity index (χ2v) is 6.62. The molecule has 2 amide bonds. The van der Waals surface area contributed by atoms with Crippen LogP contribution < -0.4 is 21.0 Å². The molecule has 31 heavy (non-hydrogen) atoms. The Morgan fingerprint density at radius 2 is 1.55 bits per heavy atom. The number of carbonyl (C=O) groups excluding carboxylic acids is 2. The molecule has 0 fully saturated rings. The average Bonchev–Trinajstić information content (AvgIpc) is 2.82. The minimum Gasteiger partial charge on any atom is -0.483 e. The molecule has 1 aromatic heterocycles. The highest BCUT2D eigenvalue weighted by Gasteiger charge is 2.14. The summed E-state index contributed by atoms with van der Waals surface area (Å²) in [5.74, 6) is -0.990. The van der Waals surface area contributed by atoms with Crippen LogP contribution in [0.1, 0.15) is 10.6 Å². The Kier molecular flexibility index (Phi) is 5.75. The van der Waals surface area contributed by atoms with Crippen molar-refractivity contribution in [2.24, 2.45) is 0 Å². The Hall–Kier alpha value is -4.39. The molecule has 7 heteroatoms. The van der Waals surface area contributed by atoms with Crippen LogP contribution in [0.2, 0.25) is 0 Å². The standard InChI is InChI=1S/C24H18N2O5/c27-19-14-22(31-21-13-7-5-11-18(19)21)24(29)26-25-23(28)15-30-20-12-6-4-10-17(20)16-8-2-1-3-9-16/h1-14H,15H2,(H,25,28)(H,26,29). The molecule has 0 aliphatic heterocycles. The summed E-state index contributed by atoms with van der Waals surface area (Å²) in [6.07, 6.45) is 0. The van der Waals surface area contributed by atoms with Gasteiger partial charge in [-0.3, -0.25) is 25.2 Å². The van der Waals surface area contributed by atoms with Crippen molar-refractivity contribution in [3.63, 3.8) is 0 Å². The quantitative estimate of drug-likeness (QED) is 0.489. The van der Waals surface area contributed by atoms with E-state index in [-0.39, 0.29) is 23.4 Å². The molecule has 0 aliphatic carbocycles. The van der Waals surface area contributed by atoms with Crippen molar-refractivity contribution in [1.82, 2.24) is 10.9 Å². The van der Waals surface area contributed by atoms with Gasteiger partial charge in [0.15, 0.2) is 17.8 Å². The molecule has 4 aromatic rings. The number of hydrazine groups is 1. The predicted molar refractivity (Wildman–Crippen MR) is 115 cm³/mol. The van der Waals surface area contributed by atoms with Gasteiger partial charge in [-0.2, -0.15) is 0 Å². The number of para-hydroxylation sites is 2. The van der Waals surface area contributed by atoms with Gasteiger partial charge < -0.3 is 9.15 Å². The summed E-state index contributed by atoms with van der Waals surface area (Å²) in [5, 5.41) is 0.369. The van der Waals surface area contributed by atoms with Crippen LogP contribution >= 0.6 is 0 Å². The van der Waals surface area contributed by atoms with Gasteiger partial charge in [0.1, 0.15) is 11.3 Å². The van der Waals surface area contributed by atoms with Crippen molar-refractivity contribution in [3.05, 3.63) is 101 Å². The molecule has 3 aromatic carbocycles. The zero-order valence-corrected chi connectivity index (χ0v) is 16.3. The van der Waals surface area contributed by atoms with Crippen LogP contribution in [-0.4, -0.2) is 18.4 Å². The van der Waals surface area contributed by atoms with Crippen LogP contribution in [0.15, 0.2) is 94.1 Å². The Labute approximate surface area is 177 Å². The smallest absolute Gasteiger partial charge is 0.305 e. The Bertz CT molecular complexity index is 1300. The normalized spacial score (nSPS) is 10.5. The summed E-state index contributed by atoms with van der Waals surface area (Å²) >= 11 is 0. The van der Waals surface area contributed by atoms with Crippen molar-refractivity contribution in [2.45, 2.75) is 0 Å². The van der Waals surface area contributed by atoms with Crippen molar-refractivity contribution in [3.8, 4) is 16.9 Å². The number of hydrogen-bond acceptors (Lipinski definition) is 5. The zero-order valence-electron chi connectivity index (χ0n) is 16.3. The minimum atomic E-state index is -0.749. The molecule has 4 rings (SSSR count). The van der Waals surface area contributed by atoms with E-state index in [1.165, 1.54) is 0 Å². The summed E-state index contributed by atoms with van der Waals surface area (Å²) in [5.41, 5.74) is 6.21. The first kappa shape index (κ1) is 19.9. The van der Waals surface area contributed by atoms with Crippen LogP contribution in [0, 0.1) is 0 Å². The number of ether oxygens (including phenoxy) is 1. The lowest BCUT2D eigenvalue weighted by Gasteiger charge is -2.12. The van der Waals surface area contributed by atoms with Gasteiger partial charge in [0, 0.05) is 11.6 Å². The molecule has 0 atom stereocenters. The SMILES string of the molecule is O=C(COc1ccccc1-c1ccccc1)NNC(=O)c1cc(=O)c2ccccc2o1. The predicted octanol–water partition coefficient (Wildman–Crippen LogP) is 3.30. The number of fused-ring (bicyclic) bond motifs is 1. The number of rotatable bonds is 5. The summed E-state index contributed by atoms with van der Waals surface area (Å²) in [4.78, 5) is 36.5. The van der Waals surface area contributed by atoms with Gasteiger partial charge in [0.2, 0.25) is 0 Å². The minimum absolute atomic E-state index is 0.209. The lowest BCUT2D eigenvalue weighted by atomic mass is 10.1. The fraction of sp³-hybridized carbons (Fsp3) is 0.0417. The van der Waals surface area contributed by atoms with Crippen molar-refractivity contribution >= 4 is 22.8 Å². The molecule has 0 bridgehead atoms. The van der Waals surface area contributed by atoms with E-state index in [2.05, 4.69) is 10.9 Å². The zero-order chi connectivity index (χ0) is 21.6. The van der Waals surface area contributed by atoms with Crippen molar-refractivity contribution < 1.29 is 18.7 Å². The largest absolute Gasteiger partial charge is 0.483 e. The lowest BCUT2D eigenvalue weighted by Crippen LogP contribution is -2.44. The first-order chi connectivity index (χ1) is 15.1. The number of hydrogen-bond donors (Lipinski definition) is 2. The highest BCUT2D eigenvalue weighted by Crippen LogP contribution is 2.29. The first-order valence-corrected chi connectivity index (χ1v) is 9.51. The maximum atomic E-state index is 12.3. The molecule has 0 radical (unpaired) electrons. The molecule has 0 saturated heterocycles. The fourth-order valence-corrected chi connectivity index (χ4v) is 3.03. The van der Waals surface area contributed by atoms with E-state index in [0.717, 1.165) is 17.2 Å². The van der Waals surface area contributed by atoms with Crippen molar-refractivity contribution in [1.29, 1.82) is 0 Å². The average molecular weight is 414 g/mol. The fourth-order valence-electron chi connectivity index (χ4n) is 3.03. The molecule has 0 saturated carbocycles. The molecule has 0 aliphatic rings. The molecular weight excluding hydrogens is 396 g/mol. The van der Waals surface area contributed by atoms with Gasteiger partial charge in [0.05, 0.1) is 5.39 Å². The van der Waals surface area contributed by atoms with Gasteiger partial charge in [-0.25, -0.2) is 0 Å². The summed E-state index contributed by atoms with van der Waals surface area (Å²) < 4.78 is 11.1. The summed E-state index contributed by atoms with van der Waals surface area (Å²) in [7, 11) is 0. The third-order valence-electron chi connectivity index (χ3n) is 4.50. The van der Waals surface area contributed by atoms with Gasteiger partial charge >= 0.3 is 5.91 Å². The molecule has 0 unspecified atom stereocenters. The summed E-state index contributed by atoms with van der Waals surface area (Å²) in [6, 6.07) is 24.7. The van der Waals surface area contributed by atoms with Crippen LogP contribution in [0.3, 0.4) is 0 Å².